The van der Waals surface area contributed by atoms with E-state index in [0.29, 0.717) is 11.1 Å². The van der Waals surface area contributed by atoms with E-state index in [9.17, 15) is 14.5 Å². The molecule has 4 nitrogen and oxygen atoms in total. The van der Waals surface area contributed by atoms with E-state index < -0.39 is 16.4 Å². The lowest BCUT2D eigenvalue weighted by molar-refractivity contribution is -0.387. The molecule has 1 aromatic rings. The topological polar surface area (TPSA) is 52.4 Å². The highest BCUT2D eigenvalue weighted by Crippen LogP contribution is 2.34. The molecule has 0 fully saturated rings. The van der Waals surface area contributed by atoms with E-state index >= 15 is 0 Å². The first-order chi connectivity index (χ1) is 6.61. The van der Waals surface area contributed by atoms with Gasteiger partial charge >= 0.3 is 5.69 Å². The molecule has 0 saturated carbocycles. The lowest BCUT2D eigenvalue weighted by Gasteiger charge is -2.02. The summed E-state index contributed by atoms with van der Waals surface area (Å²) in [5.74, 6) is -0.985. The van der Waals surface area contributed by atoms with Gasteiger partial charge in [-0.05, 0) is 5.56 Å². The first-order valence-corrected chi connectivity index (χ1v) is 4.21. The molecule has 0 spiro atoms. The Morgan fingerprint density at radius 3 is 2.93 bits per heavy atom. The Balaban J connectivity index is 2.67. The van der Waals surface area contributed by atoms with Gasteiger partial charge in [0.1, 0.15) is 0 Å². The summed E-state index contributed by atoms with van der Waals surface area (Å²) < 4.78 is 18.3. The van der Waals surface area contributed by atoms with E-state index in [-0.39, 0.29) is 18.2 Å². The summed E-state index contributed by atoms with van der Waals surface area (Å²) in [4.78, 5) is 9.65. The number of rotatable bonds is 1. The van der Waals surface area contributed by atoms with Crippen LogP contribution in [0.15, 0.2) is 6.07 Å². The predicted octanol–water partition coefficient (Wildman–Crippen LogP) is 2.42. The van der Waals surface area contributed by atoms with Gasteiger partial charge in [-0.3, -0.25) is 10.1 Å². The summed E-state index contributed by atoms with van der Waals surface area (Å²) in [6.45, 7) is 0.458. The fourth-order valence-corrected chi connectivity index (χ4v) is 1.65. The zero-order valence-electron chi connectivity index (χ0n) is 6.92. The second kappa shape index (κ2) is 3.18. The van der Waals surface area contributed by atoms with Crippen LogP contribution in [0.2, 0.25) is 5.02 Å². The van der Waals surface area contributed by atoms with Gasteiger partial charge in [0.05, 0.1) is 23.2 Å². The third-order valence-electron chi connectivity index (χ3n) is 2.08. The highest BCUT2D eigenvalue weighted by atomic mass is 35.5. The van der Waals surface area contributed by atoms with Gasteiger partial charge in [-0.1, -0.05) is 11.6 Å². The van der Waals surface area contributed by atoms with Crippen LogP contribution in [0.4, 0.5) is 10.1 Å². The molecule has 0 saturated heterocycles. The van der Waals surface area contributed by atoms with Crippen molar-refractivity contribution >= 4 is 17.3 Å². The molecule has 1 aromatic carbocycles. The molecule has 74 valence electrons. The van der Waals surface area contributed by atoms with Gasteiger partial charge in [-0.15, -0.1) is 0 Å². The number of hydrogen-bond acceptors (Lipinski definition) is 3. The van der Waals surface area contributed by atoms with Crippen molar-refractivity contribution in [3.8, 4) is 0 Å². The Hall–Kier alpha value is -1.20. The molecular formula is C8H5ClFNO3. The maximum Gasteiger partial charge on any atom is 0.306 e. The Labute approximate surface area is 83.4 Å². The summed E-state index contributed by atoms with van der Waals surface area (Å²) in [6.07, 6.45) is 0. The summed E-state index contributed by atoms with van der Waals surface area (Å²) in [5, 5.41) is 10.2. The minimum absolute atomic E-state index is 0.202. The largest absolute Gasteiger partial charge is 0.372 e. The van der Waals surface area contributed by atoms with Crippen LogP contribution in [0.5, 0.6) is 0 Å². The van der Waals surface area contributed by atoms with E-state index in [2.05, 4.69) is 0 Å². The van der Waals surface area contributed by atoms with E-state index in [1.54, 1.807) is 0 Å². The fraction of sp³-hybridized carbons (Fsp3) is 0.250. The molecule has 6 heteroatoms. The van der Waals surface area contributed by atoms with Gasteiger partial charge in [0.15, 0.2) is 0 Å². The molecule has 0 aromatic heterocycles. The van der Waals surface area contributed by atoms with Crippen molar-refractivity contribution in [2.24, 2.45) is 0 Å². The van der Waals surface area contributed by atoms with Crippen molar-refractivity contribution in [3.63, 3.8) is 0 Å². The summed E-state index contributed by atoms with van der Waals surface area (Å²) >= 11 is 5.63. The molecule has 0 amide bonds. The van der Waals surface area contributed by atoms with Crippen molar-refractivity contribution in [1.29, 1.82) is 0 Å². The van der Waals surface area contributed by atoms with Crippen molar-refractivity contribution in [2.75, 3.05) is 0 Å². The van der Waals surface area contributed by atoms with E-state index in [1.165, 1.54) is 6.07 Å². The van der Waals surface area contributed by atoms with E-state index in [0.717, 1.165) is 0 Å². The van der Waals surface area contributed by atoms with Gasteiger partial charge in [0, 0.05) is 11.6 Å². The Morgan fingerprint density at radius 2 is 2.29 bits per heavy atom. The minimum Gasteiger partial charge on any atom is -0.372 e. The van der Waals surface area contributed by atoms with Crippen LogP contribution in [0.25, 0.3) is 0 Å². The third kappa shape index (κ3) is 1.25. The van der Waals surface area contributed by atoms with Crippen molar-refractivity contribution in [1.82, 2.24) is 0 Å². The number of benzene rings is 1. The normalized spacial score (nSPS) is 14.1. The maximum atomic E-state index is 13.3. The van der Waals surface area contributed by atoms with Crippen LogP contribution in [0, 0.1) is 15.9 Å². The van der Waals surface area contributed by atoms with Gasteiger partial charge < -0.3 is 4.74 Å². The molecule has 2 rings (SSSR count). The molecule has 0 N–H and O–H groups in total. The zero-order valence-corrected chi connectivity index (χ0v) is 7.68. The second-order valence-corrected chi connectivity index (χ2v) is 3.29. The Bertz CT molecular complexity index is 422. The van der Waals surface area contributed by atoms with Crippen LogP contribution in [0.1, 0.15) is 11.1 Å². The lowest BCUT2D eigenvalue weighted by atomic mass is 10.1. The highest BCUT2D eigenvalue weighted by Gasteiger charge is 2.26. The number of hydrogen-bond donors (Lipinski definition) is 0. The van der Waals surface area contributed by atoms with Gasteiger partial charge in [-0.2, -0.15) is 4.39 Å². The molecule has 14 heavy (non-hydrogen) atoms. The predicted molar refractivity (Wildman–Crippen MR) is 46.6 cm³/mol. The SMILES string of the molecule is O=[N+]([O-])c1cc2c(c(Cl)c1F)COC2. The summed E-state index contributed by atoms with van der Waals surface area (Å²) in [6, 6.07) is 1.17. The number of halogens is 2. The first kappa shape index (κ1) is 9.36. The number of fused-ring (bicyclic) bond motifs is 1. The van der Waals surface area contributed by atoms with Gasteiger partial charge in [0.2, 0.25) is 5.82 Å². The number of nitro groups is 1. The zero-order chi connectivity index (χ0) is 10.3. The van der Waals surface area contributed by atoms with Crippen LogP contribution >= 0.6 is 11.6 Å². The fourth-order valence-electron chi connectivity index (χ4n) is 1.38. The quantitative estimate of drug-likeness (QED) is 0.536. The number of nitro benzene ring substituents is 1. The second-order valence-electron chi connectivity index (χ2n) is 2.91. The van der Waals surface area contributed by atoms with Crippen molar-refractivity contribution < 1.29 is 14.1 Å². The van der Waals surface area contributed by atoms with Crippen LogP contribution in [-0.4, -0.2) is 4.92 Å². The summed E-state index contributed by atoms with van der Waals surface area (Å²) in [5.41, 5.74) is 0.497. The maximum absolute atomic E-state index is 13.3. The third-order valence-corrected chi connectivity index (χ3v) is 2.48. The van der Waals surface area contributed by atoms with Gasteiger partial charge in [-0.25, -0.2) is 0 Å². The van der Waals surface area contributed by atoms with Crippen molar-refractivity contribution in [3.05, 3.63) is 38.1 Å². The first-order valence-electron chi connectivity index (χ1n) is 3.83. The average molecular weight is 218 g/mol. The number of ether oxygens (including phenoxy) is 1. The molecular weight excluding hydrogens is 213 g/mol. The standard InChI is InChI=1S/C8H5ClFNO3/c9-7-5-3-14-2-4(5)1-6(8(7)10)11(12)13/h1H,2-3H2. The van der Waals surface area contributed by atoms with Crippen LogP contribution < -0.4 is 0 Å². The number of nitrogens with zero attached hydrogens (tertiary/aromatic N) is 1. The van der Waals surface area contributed by atoms with Crippen molar-refractivity contribution in [2.45, 2.75) is 13.2 Å². The van der Waals surface area contributed by atoms with E-state index in [4.69, 9.17) is 16.3 Å². The summed E-state index contributed by atoms with van der Waals surface area (Å²) in [7, 11) is 0. The highest BCUT2D eigenvalue weighted by molar-refractivity contribution is 6.31. The molecule has 1 heterocycles. The molecule has 0 unspecified atom stereocenters. The molecule has 1 aliphatic heterocycles. The smallest absolute Gasteiger partial charge is 0.306 e. The minimum atomic E-state index is -0.985. The Morgan fingerprint density at radius 1 is 1.57 bits per heavy atom. The Kier molecular flexibility index (Phi) is 2.13. The molecule has 0 aliphatic carbocycles. The molecule has 0 radical (unpaired) electrons. The lowest BCUT2D eigenvalue weighted by Crippen LogP contribution is -1.97. The van der Waals surface area contributed by atoms with Gasteiger partial charge in [0.25, 0.3) is 0 Å². The molecule has 1 aliphatic rings. The molecule has 0 bridgehead atoms. The van der Waals surface area contributed by atoms with Crippen LogP contribution in [-0.2, 0) is 18.0 Å². The monoisotopic (exact) mass is 217 g/mol. The molecule has 0 atom stereocenters. The van der Waals surface area contributed by atoms with E-state index in [1.807, 2.05) is 0 Å². The van der Waals surface area contributed by atoms with Crippen LogP contribution in [0.3, 0.4) is 0 Å². The average Bonchev–Trinajstić information content (AvgIpc) is 2.58.